The van der Waals surface area contributed by atoms with Gasteiger partial charge in [-0.1, -0.05) is 6.07 Å². The van der Waals surface area contributed by atoms with Crippen LogP contribution in [0.2, 0.25) is 0 Å². The van der Waals surface area contributed by atoms with Crippen LogP contribution in [0.4, 0.5) is 8.78 Å². The molecule has 0 fully saturated rings. The minimum Gasteiger partial charge on any atom is -0.385 e. The molecule has 0 aromatic heterocycles. The van der Waals surface area contributed by atoms with E-state index in [1.54, 1.807) is 0 Å². The number of aliphatic hydroxyl groups is 1. The van der Waals surface area contributed by atoms with Gasteiger partial charge in [-0.05, 0) is 12.1 Å². The molecule has 0 aliphatic rings. The average molecular weight is 143 g/mol. The Morgan fingerprint density at radius 1 is 1.20 bits per heavy atom. The molecular formula is C7H5F2O. The lowest BCUT2D eigenvalue weighted by molar-refractivity contribution is 0.398. The second kappa shape index (κ2) is 2.75. The number of aliphatic hydroxyl groups excluding tert-OH is 1. The van der Waals surface area contributed by atoms with Crippen LogP contribution in [0.5, 0.6) is 0 Å². The molecule has 1 N–H and O–H groups in total. The Bertz CT molecular complexity index is 215. The van der Waals surface area contributed by atoms with Crippen LogP contribution in [0.25, 0.3) is 0 Å². The minimum absolute atomic E-state index is 0.400. The highest BCUT2D eigenvalue weighted by Crippen LogP contribution is 2.11. The summed E-state index contributed by atoms with van der Waals surface area (Å²) in [6, 6.07) is 3.38. The lowest BCUT2D eigenvalue weighted by atomic mass is 10.2. The van der Waals surface area contributed by atoms with Gasteiger partial charge < -0.3 is 5.11 Å². The number of halogens is 2. The normalized spacial score (nSPS) is 9.90. The molecule has 1 nitrogen and oxygen atoms in total. The highest BCUT2D eigenvalue weighted by molar-refractivity contribution is 5.23. The van der Waals surface area contributed by atoms with Crippen molar-refractivity contribution in [2.45, 2.75) is 0 Å². The first kappa shape index (κ1) is 7.15. The van der Waals surface area contributed by atoms with Crippen molar-refractivity contribution in [3.05, 3.63) is 42.0 Å². The fourth-order valence-electron chi connectivity index (χ4n) is 0.634. The van der Waals surface area contributed by atoms with E-state index in [2.05, 4.69) is 0 Å². The topological polar surface area (TPSA) is 20.2 Å². The van der Waals surface area contributed by atoms with Crippen molar-refractivity contribution in [1.82, 2.24) is 0 Å². The van der Waals surface area contributed by atoms with Gasteiger partial charge in [0.2, 0.25) is 0 Å². The summed E-state index contributed by atoms with van der Waals surface area (Å²) in [5.41, 5.74) is -0.400. The predicted octanol–water partition coefficient (Wildman–Crippen LogP) is 1.85. The fraction of sp³-hybridized carbons (Fsp3) is 0. The summed E-state index contributed by atoms with van der Waals surface area (Å²) < 4.78 is 24.8. The lowest BCUT2D eigenvalue weighted by Gasteiger charge is -1.97. The van der Waals surface area contributed by atoms with Crippen LogP contribution >= 0.6 is 0 Å². The van der Waals surface area contributed by atoms with Gasteiger partial charge in [0.25, 0.3) is 0 Å². The summed E-state index contributed by atoms with van der Waals surface area (Å²) in [4.78, 5) is 0. The molecule has 3 heteroatoms. The molecule has 1 radical (unpaired) electrons. The molecule has 10 heavy (non-hydrogen) atoms. The van der Waals surface area contributed by atoms with Crippen LogP contribution in [0.15, 0.2) is 18.2 Å². The Labute approximate surface area is 56.9 Å². The summed E-state index contributed by atoms with van der Waals surface area (Å²) in [5, 5.41) is 8.29. The van der Waals surface area contributed by atoms with Crippen molar-refractivity contribution in [3.63, 3.8) is 0 Å². The first-order chi connectivity index (χ1) is 4.75. The van der Waals surface area contributed by atoms with E-state index in [0.29, 0.717) is 6.61 Å². The van der Waals surface area contributed by atoms with E-state index in [4.69, 9.17) is 5.11 Å². The van der Waals surface area contributed by atoms with Gasteiger partial charge >= 0.3 is 0 Å². The summed E-state index contributed by atoms with van der Waals surface area (Å²) in [5.74, 6) is -1.52. The third-order valence-electron chi connectivity index (χ3n) is 1.13. The number of rotatable bonds is 1. The second-order valence-electron chi connectivity index (χ2n) is 1.76. The number of hydrogen-bond donors (Lipinski definition) is 1. The highest BCUT2D eigenvalue weighted by Gasteiger charge is 2.05. The van der Waals surface area contributed by atoms with E-state index in [1.165, 1.54) is 6.07 Å². The van der Waals surface area contributed by atoms with Gasteiger partial charge in [0.05, 0.1) is 5.56 Å². The maximum atomic E-state index is 12.4. The average Bonchev–Trinajstić information content (AvgIpc) is 1.88. The molecule has 0 aliphatic heterocycles. The Morgan fingerprint density at radius 2 is 1.70 bits per heavy atom. The number of benzene rings is 1. The van der Waals surface area contributed by atoms with E-state index in [1.807, 2.05) is 0 Å². The van der Waals surface area contributed by atoms with Crippen LogP contribution in [0.3, 0.4) is 0 Å². The molecule has 0 unspecified atom stereocenters. The molecule has 0 saturated carbocycles. The van der Waals surface area contributed by atoms with E-state index >= 15 is 0 Å². The molecule has 0 aliphatic carbocycles. The zero-order valence-corrected chi connectivity index (χ0v) is 5.01. The molecular weight excluding hydrogens is 138 g/mol. The first-order valence-electron chi connectivity index (χ1n) is 2.67. The summed E-state index contributed by atoms with van der Waals surface area (Å²) in [6.07, 6.45) is 0. The summed E-state index contributed by atoms with van der Waals surface area (Å²) in [6.45, 7) is 0.407. The predicted molar refractivity (Wildman–Crippen MR) is 31.7 cm³/mol. The van der Waals surface area contributed by atoms with Crippen LogP contribution in [-0.2, 0) is 0 Å². The lowest BCUT2D eigenvalue weighted by Crippen LogP contribution is -1.91. The van der Waals surface area contributed by atoms with Crippen molar-refractivity contribution in [1.29, 1.82) is 0 Å². The Hall–Kier alpha value is -0.960. The molecule has 0 amide bonds. The van der Waals surface area contributed by atoms with Crippen molar-refractivity contribution < 1.29 is 13.9 Å². The monoisotopic (exact) mass is 143 g/mol. The van der Waals surface area contributed by atoms with Crippen molar-refractivity contribution >= 4 is 0 Å². The molecule has 0 atom stereocenters. The largest absolute Gasteiger partial charge is 0.385 e. The fourth-order valence-corrected chi connectivity index (χ4v) is 0.634. The zero-order valence-electron chi connectivity index (χ0n) is 5.01. The van der Waals surface area contributed by atoms with Gasteiger partial charge in [0.1, 0.15) is 18.2 Å². The molecule has 0 bridgehead atoms. The highest BCUT2D eigenvalue weighted by atomic mass is 19.1. The van der Waals surface area contributed by atoms with Gasteiger partial charge in [-0.25, -0.2) is 8.78 Å². The van der Waals surface area contributed by atoms with E-state index in [-0.39, 0.29) is 0 Å². The van der Waals surface area contributed by atoms with Crippen molar-refractivity contribution in [2.75, 3.05) is 0 Å². The second-order valence-corrected chi connectivity index (χ2v) is 1.76. The number of hydrogen-bond acceptors (Lipinski definition) is 1. The van der Waals surface area contributed by atoms with Gasteiger partial charge in [0, 0.05) is 0 Å². The standard InChI is InChI=1S/C7H5F2O/c8-6-2-1-3-7(9)5(6)4-10/h1-4,10H. The molecule has 0 spiro atoms. The van der Waals surface area contributed by atoms with Gasteiger partial charge in [0.15, 0.2) is 0 Å². The van der Waals surface area contributed by atoms with Gasteiger partial charge in [-0.2, -0.15) is 0 Å². The Morgan fingerprint density at radius 3 is 2.00 bits per heavy atom. The van der Waals surface area contributed by atoms with Crippen LogP contribution in [-0.4, -0.2) is 5.11 Å². The minimum atomic E-state index is -0.762. The maximum absolute atomic E-state index is 12.4. The third-order valence-corrected chi connectivity index (χ3v) is 1.13. The molecule has 0 saturated heterocycles. The van der Waals surface area contributed by atoms with Crippen LogP contribution in [0.1, 0.15) is 5.56 Å². The molecule has 53 valence electrons. The van der Waals surface area contributed by atoms with Crippen molar-refractivity contribution in [2.24, 2.45) is 0 Å². The van der Waals surface area contributed by atoms with Gasteiger partial charge in [-0.15, -0.1) is 0 Å². The van der Waals surface area contributed by atoms with Crippen LogP contribution < -0.4 is 0 Å². The van der Waals surface area contributed by atoms with Crippen molar-refractivity contribution in [3.8, 4) is 0 Å². The molecule has 1 aromatic rings. The Balaban J connectivity index is 3.17. The maximum Gasteiger partial charge on any atom is 0.132 e. The smallest absolute Gasteiger partial charge is 0.132 e. The molecule has 1 aromatic carbocycles. The third kappa shape index (κ3) is 1.14. The summed E-state index contributed by atoms with van der Waals surface area (Å²) in [7, 11) is 0. The first-order valence-corrected chi connectivity index (χ1v) is 2.67. The molecule has 0 heterocycles. The van der Waals surface area contributed by atoms with Gasteiger partial charge in [-0.3, -0.25) is 0 Å². The zero-order chi connectivity index (χ0) is 7.56. The quantitative estimate of drug-likeness (QED) is 0.636. The van der Waals surface area contributed by atoms with E-state index < -0.39 is 17.2 Å². The van der Waals surface area contributed by atoms with E-state index in [9.17, 15) is 8.78 Å². The summed E-state index contributed by atoms with van der Waals surface area (Å²) >= 11 is 0. The SMILES string of the molecule is O[CH]c1c(F)cccc1F. The molecule has 1 rings (SSSR count). The van der Waals surface area contributed by atoms with Crippen LogP contribution in [0, 0.1) is 18.2 Å². The Kier molecular flexibility index (Phi) is 1.97. The van der Waals surface area contributed by atoms with E-state index in [0.717, 1.165) is 12.1 Å².